The molecule has 0 heterocycles. The van der Waals surface area contributed by atoms with Gasteiger partial charge in [0, 0.05) is 33.1 Å². The average molecular weight is 364 g/mol. The van der Waals surface area contributed by atoms with Gasteiger partial charge in [-0.1, -0.05) is 12.2 Å². The molecule has 10 heteroatoms. The molecule has 24 heavy (non-hydrogen) atoms. The van der Waals surface area contributed by atoms with Gasteiger partial charge in [0.2, 0.25) is 0 Å². The number of esters is 4. The standard InChI is InChI=1S/C14H20O9S/c1-7(15)20-5-11(19)13(22-9(3)17)14(23-10(4)18)12(6-24)21-8(2)16/h6,11-14,19H,5H2,1-4H3/t11-,12+,13-,14-/m1/s1. The summed E-state index contributed by atoms with van der Waals surface area (Å²) in [6.07, 6.45) is -5.71. The fraction of sp³-hybridized carbons (Fsp3) is 0.643. The van der Waals surface area contributed by atoms with Gasteiger partial charge in [-0.3, -0.25) is 19.2 Å². The van der Waals surface area contributed by atoms with Crippen LogP contribution >= 0.6 is 12.2 Å². The van der Waals surface area contributed by atoms with Crippen LogP contribution in [0.25, 0.3) is 0 Å². The minimum absolute atomic E-state index is 0.532. The Morgan fingerprint density at radius 1 is 0.875 bits per heavy atom. The fourth-order valence-corrected chi connectivity index (χ4v) is 1.94. The van der Waals surface area contributed by atoms with Crippen molar-refractivity contribution in [2.24, 2.45) is 0 Å². The molecule has 0 saturated heterocycles. The molecule has 0 radical (unpaired) electrons. The molecule has 0 aliphatic carbocycles. The molecule has 9 nitrogen and oxygen atoms in total. The molecule has 0 saturated carbocycles. The summed E-state index contributed by atoms with van der Waals surface area (Å²) in [5, 5.41) is 11.1. The summed E-state index contributed by atoms with van der Waals surface area (Å²) in [6, 6.07) is 0. The first-order chi connectivity index (χ1) is 11.1. The van der Waals surface area contributed by atoms with E-state index in [1.807, 2.05) is 0 Å². The highest BCUT2D eigenvalue weighted by atomic mass is 32.1. The monoisotopic (exact) mass is 364 g/mol. The summed E-state index contributed by atoms with van der Waals surface area (Å²) in [5.74, 6) is -2.99. The van der Waals surface area contributed by atoms with E-state index in [1.165, 1.54) is 0 Å². The van der Waals surface area contributed by atoms with Crippen molar-refractivity contribution in [1.29, 1.82) is 0 Å². The van der Waals surface area contributed by atoms with Gasteiger partial charge < -0.3 is 24.1 Å². The summed E-state index contributed by atoms with van der Waals surface area (Å²) >= 11 is 4.75. The smallest absolute Gasteiger partial charge is 0.303 e. The van der Waals surface area contributed by atoms with E-state index in [4.69, 9.17) is 26.4 Å². The Balaban J connectivity index is 5.55. The second kappa shape index (κ2) is 10.7. The second-order valence-corrected chi connectivity index (χ2v) is 5.00. The maximum atomic E-state index is 11.3. The summed E-state index contributed by atoms with van der Waals surface area (Å²) in [7, 11) is 0. The lowest BCUT2D eigenvalue weighted by Gasteiger charge is -2.32. The molecule has 0 bridgehead atoms. The highest BCUT2D eigenvalue weighted by Gasteiger charge is 2.40. The molecule has 0 rings (SSSR count). The van der Waals surface area contributed by atoms with Gasteiger partial charge in [0.1, 0.15) is 12.7 Å². The number of hydrogen-bond donors (Lipinski definition) is 1. The van der Waals surface area contributed by atoms with Crippen molar-refractivity contribution in [3.05, 3.63) is 0 Å². The maximum Gasteiger partial charge on any atom is 0.303 e. The van der Waals surface area contributed by atoms with Crippen molar-refractivity contribution in [1.82, 2.24) is 0 Å². The number of thiocarbonyl (C=S) groups is 1. The van der Waals surface area contributed by atoms with Crippen molar-refractivity contribution >= 4 is 41.5 Å². The predicted octanol–water partition coefficient (Wildman–Crippen LogP) is -0.295. The minimum Gasteiger partial charge on any atom is -0.463 e. The van der Waals surface area contributed by atoms with Gasteiger partial charge in [-0.25, -0.2) is 0 Å². The number of aliphatic hydroxyl groups is 1. The Bertz CT molecular complexity index is 491. The van der Waals surface area contributed by atoms with Crippen LogP contribution in [0.2, 0.25) is 0 Å². The Kier molecular flexibility index (Phi) is 9.74. The third-order valence-corrected chi connectivity index (χ3v) is 2.79. The molecular formula is C14H20O9S. The number of carbonyl (C=O) groups excluding carboxylic acids is 4. The van der Waals surface area contributed by atoms with E-state index in [2.05, 4.69) is 4.74 Å². The first kappa shape index (κ1) is 21.9. The quantitative estimate of drug-likeness (QED) is 0.331. The zero-order chi connectivity index (χ0) is 18.9. The van der Waals surface area contributed by atoms with Crippen LogP contribution in [-0.4, -0.2) is 65.4 Å². The molecule has 0 unspecified atom stereocenters. The largest absolute Gasteiger partial charge is 0.463 e. The first-order valence-electron chi connectivity index (χ1n) is 6.86. The van der Waals surface area contributed by atoms with Crippen LogP contribution < -0.4 is 0 Å². The van der Waals surface area contributed by atoms with Gasteiger partial charge in [0.25, 0.3) is 0 Å². The van der Waals surface area contributed by atoms with Crippen LogP contribution in [0.5, 0.6) is 0 Å². The second-order valence-electron chi connectivity index (χ2n) is 4.73. The van der Waals surface area contributed by atoms with Crippen molar-refractivity contribution in [2.75, 3.05) is 6.61 Å². The number of aliphatic hydroxyl groups excluding tert-OH is 1. The van der Waals surface area contributed by atoms with E-state index in [1.54, 1.807) is 0 Å². The summed E-state index contributed by atoms with van der Waals surface area (Å²) in [6.45, 7) is 3.83. The van der Waals surface area contributed by atoms with E-state index in [0.29, 0.717) is 0 Å². The molecule has 1 N–H and O–H groups in total. The molecule has 0 aliphatic rings. The molecule has 0 spiro atoms. The molecular weight excluding hydrogens is 344 g/mol. The average Bonchev–Trinajstić information content (AvgIpc) is 2.45. The Labute approximate surface area is 144 Å². The molecule has 0 amide bonds. The van der Waals surface area contributed by atoms with Crippen LogP contribution in [0.15, 0.2) is 0 Å². The SMILES string of the molecule is CC(=O)OC[C@@H](O)[C@@H](OC(C)=O)[C@H](OC(C)=O)[C@H](C=S)OC(C)=O. The molecule has 136 valence electrons. The highest BCUT2D eigenvalue weighted by molar-refractivity contribution is 7.79. The van der Waals surface area contributed by atoms with Crippen molar-refractivity contribution in [3.8, 4) is 0 Å². The Hall–Kier alpha value is -2.07. The van der Waals surface area contributed by atoms with E-state index in [9.17, 15) is 24.3 Å². The van der Waals surface area contributed by atoms with Crippen molar-refractivity contribution in [2.45, 2.75) is 52.1 Å². The fourth-order valence-electron chi connectivity index (χ4n) is 1.73. The number of rotatable bonds is 9. The molecule has 0 aromatic heterocycles. The van der Waals surface area contributed by atoms with Gasteiger partial charge in [-0.2, -0.15) is 0 Å². The van der Waals surface area contributed by atoms with E-state index in [0.717, 1.165) is 33.1 Å². The van der Waals surface area contributed by atoms with Crippen LogP contribution in [-0.2, 0) is 38.1 Å². The lowest BCUT2D eigenvalue weighted by Crippen LogP contribution is -2.52. The van der Waals surface area contributed by atoms with Gasteiger partial charge in [0.15, 0.2) is 18.3 Å². The third kappa shape index (κ3) is 8.53. The lowest BCUT2D eigenvalue weighted by atomic mass is 10.0. The maximum absolute atomic E-state index is 11.3. The normalized spacial score (nSPS) is 15.2. The molecule has 0 aliphatic heterocycles. The summed E-state index contributed by atoms with van der Waals surface area (Å²) in [4.78, 5) is 44.6. The lowest BCUT2D eigenvalue weighted by molar-refractivity contribution is -0.190. The van der Waals surface area contributed by atoms with E-state index < -0.39 is 54.9 Å². The van der Waals surface area contributed by atoms with E-state index >= 15 is 0 Å². The van der Waals surface area contributed by atoms with Crippen LogP contribution in [0.1, 0.15) is 27.7 Å². The van der Waals surface area contributed by atoms with Gasteiger partial charge >= 0.3 is 23.9 Å². The number of ether oxygens (including phenoxy) is 4. The first-order valence-corrected chi connectivity index (χ1v) is 7.34. The van der Waals surface area contributed by atoms with E-state index in [-0.39, 0.29) is 0 Å². The topological polar surface area (TPSA) is 125 Å². The van der Waals surface area contributed by atoms with Gasteiger partial charge in [-0.15, -0.1) is 0 Å². The number of carbonyl (C=O) groups is 4. The van der Waals surface area contributed by atoms with Crippen LogP contribution in [0.4, 0.5) is 0 Å². The van der Waals surface area contributed by atoms with Crippen LogP contribution in [0, 0.1) is 0 Å². The van der Waals surface area contributed by atoms with Gasteiger partial charge in [-0.05, 0) is 0 Å². The summed E-state index contributed by atoms with van der Waals surface area (Å²) < 4.78 is 19.5. The summed E-state index contributed by atoms with van der Waals surface area (Å²) in [5.41, 5.74) is 0. The zero-order valence-corrected chi connectivity index (χ0v) is 14.5. The van der Waals surface area contributed by atoms with Gasteiger partial charge in [0.05, 0.1) is 0 Å². The zero-order valence-electron chi connectivity index (χ0n) is 13.7. The highest BCUT2D eigenvalue weighted by Crippen LogP contribution is 2.17. The molecule has 4 atom stereocenters. The van der Waals surface area contributed by atoms with Crippen molar-refractivity contribution in [3.63, 3.8) is 0 Å². The third-order valence-electron chi connectivity index (χ3n) is 2.52. The minimum atomic E-state index is -1.55. The Morgan fingerprint density at radius 2 is 1.33 bits per heavy atom. The number of hydrogen-bond acceptors (Lipinski definition) is 10. The molecule has 0 aromatic rings. The molecule has 0 aromatic carbocycles. The predicted molar refractivity (Wildman–Crippen MR) is 83.0 cm³/mol. The Morgan fingerprint density at radius 3 is 1.71 bits per heavy atom. The van der Waals surface area contributed by atoms with Crippen LogP contribution in [0.3, 0.4) is 0 Å². The molecule has 0 fully saturated rings. The van der Waals surface area contributed by atoms with Crippen molar-refractivity contribution < 1.29 is 43.2 Å².